The van der Waals surface area contributed by atoms with Crippen LogP contribution in [-0.4, -0.2) is 35.6 Å². The van der Waals surface area contributed by atoms with Crippen LogP contribution >= 0.6 is 23.2 Å². The Morgan fingerprint density at radius 2 is 2.00 bits per heavy atom. The summed E-state index contributed by atoms with van der Waals surface area (Å²) in [5.74, 6) is -0.785. The summed E-state index contributed by atoms with van der Waals surface area (Å²) in [5, 5.41) is 10.0. The summed E-state index contributed by atoms with van der Waals surface area (Å²) in [7, 11) is 1.83. The van der Waals surface area contributed by atoms with Crippen molar-refractivity contribution in [3.05, 3.63) is 33.8 Å². The lowest BCUT2D eigenvalue weighted by Gasteiger charge is -2.20. The molecule has 3 nitrogen and oxygen atoms in total. The van der Waals surface area contributed by atoms with E-state index in [0.717, 1.165) is 31.4 Å². The van der Waals surface area contributed by atoms with Gasteiger partial charge >= 0.3 is 5.97 Å². The third-order valence-corrected chi connectivity index (χ3v) is 3.97. The summed E-state index contributed by atoms with van der Waals surface area (Å²) in [6.07, 6.45) is 2.87. The molecule has 1 aromatic carbocycles. The second-order valence-corrected chi connectivity index (χ2v) is 5.51. The third-order valence-electron chi connectivity index (χ3n) is 3.23. The summed E-state index contributed by atoms with van der Waals surface area (Å²) in [4.78, 5) is 12.6. The second kappa shape index (κ2) is 7.73. The number of aryl methyl sites for hydroxylation is 1. The standard InChI is InChI=1S/C14H19Cl2NO2/c1-10(14(18)19)17(2)8-4-3-5-11-6-7-12(15)13(16)9-11/h6-7,9-10H,3-5,8H2,1-2H3,(H,18,19). The summed E-state index contributed by atoms with van der Waals surface area (Å²) in [6.45, 7) is 2.47. The Labute approximate surface area is 124 Å². The monoisotopic (exact) mass is 303 g/mol. The Morgan fingerprint density at radius 3 is 2.58 bits per heavy atom. The van der Waals surface area contributed by atoms with Crippen molar-refractivity contribution in [2.24, 2.45) is 0 Å². The van der Waals surface area contributed by atoms with Gasteiger partial charge in [0, 0.05) is 0 Å². The van der Waals surface area contributed by atoms with Gasteiger partial charge in [-0.1, -0.05) is 29.3 Å². The van der Waals surface area contributed by atoms with Crippen molar-refractivity contribution in [3.8, 4) is 0 Å². The van der Waals surface area contributed by atoms with Crippen molar-refractivity contribution in [1.82, 2.24) is 4.90 Å². The summed E-state index contributed by atoms with van der Waals surface area (Å²) in [6, 6.07) is 5.22. The summed E-state index contributed by atoms with van der Waals surface area (Å²) >= 11 is 11.8. The van der Waals surface area contributed by atoms with Gasteiger partial charge in [-0.3, -0.25) is 9.69 Å². The Bertz CT molecular complexity index is 437. The van der Waals surface area contributed by atoms with Crippen LogP contribution in [0.1, 0.15) is 25.3 Å². The number of carbonyl (C=O) groups is 1. The van der Waals surface area contributed by atoms with Gasteiger partial charge < -0.3 is 5.11 Å². The van der Waals surface area contributed by atoms with Crippen LogP contribution in [0.3, 0.4) is 0 Å². The molecule has 0 amide bonds. The molecule has 0 radical (unpaired) electrons. The van der Waals surface area contributed by atoms with E-state index in [1.807, 2.05) is 24.1 Å². The summed E-state index contributed by atoms with van der Waals surface area (Å²) in [5.41, 5.74) is 1.16. The van der Waals surface area contributed by atoms with Gasteiger partial charge in [-0.25, -0.2) is 0 Å². The van der Waals surface area contributed by atoms with E-state index in [0.29, 0.717) is 10.0 Å². The first-order valence-corrected chi connectivity index (χ1v) is 7.04. The number of carboxylic acids is 1. The average Bonchev–Trinajstić information content (AvgIpc) is 2.37. The van der Waals surface area contributed by atoms with Gasteiger partial charge in [0.15, 0.2) is 0 Å². The van der Waals surface area contributed by atoms with Crippen LogP contribution in [0.2, 0.25) is 10.0 Å². The predicted octanol–water partition coefficient (Wildman–Crippen LogP) is 3.72. The maximum atomic E-state index is 10.8. The fourth-order valence-electron chi connectivity index (χ4n) is 1.77. The number of rotatable bonds is 7. The van der Waals surface area contributed by atoms with Gasteiger partial charge in [-0.15, -0.1) is 0 Å². The van der Waals surface area contributed by atoms with Crippen molar-refractivity contribution in [2.75, 3.05) is 13.6 Å². The second-order valence-electron chi connectivity index (χ2n) is 4.70. The molecule has 1 atom stereocenters. The van der Waals surface area contributed by atoms with Crippen LogP contribution in [0.4, 0.5) is 0 Å². The number of nitrogens with zero attached hydrogens (tertiary/aromatic N) is 1. The molecular weight excluding hydrogens is 285 g/mol. The van der Waals surface area contributed by atoms with E-state index in [9.17, 15) is 4.79 Å². The van der Waals surface area contributed by atoms with Crippen molar-refractivity contribution in [3.63, 3.8) is 0 Å². The van der Waals surface area contributed by atoms with Gasteiger partial charge in [0.25, 0.3) is 0 Å². The number of carboxylic acid groups (broad SMARTS) is 1. The Kier molecular flexibility index (Phi) is 6.63. The molecule has 0 aliphatic heterocycles. The zero-order valence-electron chi connectivity index (χ0n) is 11.2. The first-order chi connectivity index (χ1) is 8.91. The minimum absolute atomic E-state index is 0.440. The zero-order chi connectivity index (χ0) is 14.4. The lowest BCUT2D eigenvalue weighted by atomic mass is 10.1. The highest BCUT2D eigenvalue weighted by atomic mass is 35.5. The lowest BCUT2D eigenvalue weighted by molar-refractivity contribution is -0.142. The van der Waals surface area contributed by atoms with Crippen LogP contribution in [0.25, 0.3) is 0 Å². The molecule has 5 heteroatoms. The van der Waals surface area contributed by atoms with E-state index in [2.05, 4.69) is 0 Å². The number of benzene rings is 1. The van der Waals surface area contributed by atoms with Crippen LogP contribution in [0.5, 0.6) is 0 Å². The lowest BCUT2D eigenvalue weighted by Crippen LogP contribution is -2.36. The molecular formula is C14H19Cl2NO2. The van der Waals surface area contributed by atoms with E-state index in [1.165, 1.54) is 0 Å². The van der Waals surface area contributed by atoms with Crippen molar-refractivity contribution in [1.29, 1.82) is 0 Å². The van der Waals surface area contributed by atoms with Crippen LogP contribution in [0, 0.1) is 0 Å². The molecule has 0 fully saturated rings. The SMILES string of the molecule is CC(C(=O)O)N(C)CCCCc1ccc(Cl)c(Cl)c1. The van der Waals surface area contributed by atoms with Crippen molar-refractivity contribution < 1.29 is 9.90 Å². The number of likely N-dealkylation sites (N-methyl/N-ethyl adjacent to an activating group) is 1. The maximum absolute atomic E-state index is 10.8. The van der Waals surface area contributed by atoms with E-state index < -0.39 is 12.0 Å². The van der Waals surface area contributed by atoms with Crippen LogP contribution < -0.4 is 0 Å². The van der Waals surface area contributed by atoms with Crippen molar-refractivity contribution in [2.45, 2.75) is 32.2 Å². The number of hydrogen-bond donors (Lipinski definition) is 1. The molecule has 0 heterocycles. The molecule has 0 aliphatic carbocycles. The summed E-state index contributed by atoms with van der Waals surface area (Å²) < 4.78 is 0. The highest BCUT2D eigenvalue weighted by Crippen LogP contribution is 2.23. The molecule has 0 saturated carbocycles. The van der Waals surface area contributed by atoms with Crippen LogP contribution in [-0.2, 0) is 11.2 Å². The molecule has 19 heavy (non-hydrogen) atoms. The Hall–Kier alpha value is -0.770. The first kappa shape index (κ1) is 16.3. The third kappa shape index (κ3) is 5.39. The Balaban J connectivity index is 2.31. The van der Waals surface area contributed by atoms with E-state index >= 15 is 0 Å². The molecule has 106 valence electrons. The van der Waals surface area contributed by atoms with Crippen LogP contribution in [0.15, 0.2) is 18.2 Å². The molecule has 1 rings (SSSR count). The molecule has 0 aromatic heterocycles. The highest BCUT2D eigenvalue weighted by molar-refractivity contribution is 6.42. The Morgan fingerprint density at radius 1 is 1.32 bits per heavy atom. The minimum Gasteiger partial charge on any atom is -0.480 e. The number of hydrogen-bond acceptors (Lipinski definition) is 2. The van der Waals surface area contributed by atoms with Gasteiger partial charge in [-0.2, -0.15) is 0 Å². The fraction of sp³-hybridized carbons (Fsp3) is 0.500. The number of aliphatic carboxylic acids is 1. The molecule has 0 spiro atoms. The zero-order valence-corrected chi connectivity index (χ0v) is 12.7. The first-order valence-electron chi connectivity index (χ1n) is 6.28. The normalized spacial score (nSPS) is 12.7. The van der Waals surface area contributed by atoms with Gasteiger partial charge in [0.2, 0.25) is 0 Å². The van der Waals surface area contributed by atoms with Gasteiger partial charge in [0.05, 0.1) is 10.0 Å². The smallest absolute Gasteiger partial charge is 0.320 e. The van der Waals surface area contributed by atoms with E-state index in [-0.39, 0.29) is 0 Å². The molecule has 0 saturated heterocycles. The van der Waals surface area contributed by atoms with Gasteiger partial charge in [-0.05, 0) is 57.5 Å². The number of unbranched alkanes of at least 4 members (excludes halogenated alkanes) is 1. The predicted molar refractivity (Wildman–Crippen MR) is 79.1 cm³/mol. The molecule has 1 aromatic rings. The largest absolute Gasteiger partial charge is 0.480 e. The maximum Gasteiger partial charge on any atom is 0.320 e. The molecule has 0 aliphatic rings. The highest BCUT2D eigenvalue weighted by Gasteiger charge is 2.15. The molecule has 1 unspecified atom stereocenters. The topological polar surface area (TPSA) is 40.5 Å². The molecule has 0 bridgehead atoms. The minimum atomic E-state index is -0.785. The van der Waals surface area contributed by atoms with E-state index in [4.69, 9.17) is 28.3 Å². The van der Waals surface area contributed by atoms with Gasteiger partial charge in [0.1, 0.15) is 6.04 Å². The number of halogens is 2. The van der Waals surface area contributed by atoms with Crippen molar-refractivity contribution >= 4 is 29.2 Å². The molecule has 1 N–H and O–H groups in total. The average molecular weight is 304 g/mol. The quantitative estimate of drug-likeness (QED) is 0.780. The van der Waals surface area contributed by atoms with E-state index in [1.54, 1.807) is 13.0 Å². The fourth-order valence-corrected chi connectivity index (χ4v) is 2.09.